The summed E-state index contributed by atoms with van der Waals surface area (Å²) in [6, 6.07) is 19.9. The summed E-state index contributed by atoms with van der Waals surface area (Å²) in [4.78, 5) is 14.5. The van der Waals surface area contributed by atoms with Gasteiger partial charge in [-0.15, -0.1) is 0 Å². The highest BCUT2D eigenvalue weighted by molar-refractivity contribution is 5.90. The van der Waals surface area contributed by atoms with Crippen LogP contribution < -0.4 is 5.32 Å². The zero-order valence-electron chi connectivity index (χ0n) is 14.9. The summed E-state index contributed by atoms with van der Waals surface area (Å²) in [7, 11) is 0. The lowest BCUT2D eigenvalue weighted by atomic mass is 10.1. The van der Waals surface area contributed by atoms with Crippen LogP contribution >= 0.6 is 0 Å². The Hall–Kier alpha value is -2.64. The van der Waals surface area contributed by atoms with E-state index in [1.807, 2.05) is 6.07 Å². The van der Waals surface area contributed by atoms with Crippen LogP contribution in [0.4, 0.5) is 5.69 Å². The van der Waals surface area contributed by atoms with Crippen LogP contribution in [-0.2, 0) is 11.3 Å². The highest BCUT2D eigenvalue weighted by Crippen LogP contribution is 2.12. The van der Waals surface area contributed by atoms with Gasteiger partial charge in [0, 0.05) is 24.7 Å². The number of carbonyl (C=O) groups is 1. The molecule has 4 nitrogen and oxygen atoms in total. The third-order valence-corrected chi connectivity index (χ3v) is 4.08. The zero-order valence-corrected chi connectivity index (χ0v) is 14.9. The molecule has 0 aromatic heterocycles. The van der Waals surface area contributed by atoms with Crippen LogP contribution in [0.15, 0.2) is 54.6 Å². The van der Waals surface area contributed by atoms with Crippen molar-refractivity contribution in [3.63, 3.8) is 0 Å². The van der Waals surface area contributed by atoms with Crippen molar-refractivity contribution in [1.82, 2.24) is 4.90 Å². The molecule has 0 fully saturated rings. The van der Waals surface area contributed by atoms with Crippen molar-refractivity contribution in [2.24, 2.45) is 0 Å². The smallest absolute Gasteiger partial charge is 0.224 e. The molecule has 0 spiro atoms. The van der Waals surface area contributed by atoms with Crippen LogP contribution in [0.3, 0.4) is 0 Å². The van der Waals surface area contributed by atoms with E-state index in [2.05, 4.69) is 54.4 Å². The lowest BCUT2D eigenvalue weighted by molar-refractivity contribution is -0.116. The van der Waals surface area contributed by atoms with Gasteiger partial charge < -0.3 is 5.32 Å². The highest BCUT2D eigenvalue weighted by atomic mass is 16.1. The first-order valence-corrected chi connectivity index (χ1v) is 8.66. The molecule has 0 bridgehead atoms. The molecule has 1 amide bonds. The number of carbonyl (C=O) groups excluding carboxylic acids is 1. The molecule has 0 aliphatic carbocycles. The van der Waals surface area contributed by atoms with Crippen LogP contribution in [0, 0.1) is 11.3 Å². The van der Waals surface area contributed by atoms with E-state index < -0.39 is 0 Å². The number of nitrogens with one attached hydrogen (secondary N) is 1. The normalized spacial score (nSPS) is 10.7. The van der Waals surface area contributed by atoms with E-state index in [1.54, 1.807) is 24.3 Å². The van der Waals surface area contributed by atoms with Gasteiger partial charge in [-0.3, -0.25) is 9.69 Å². The molecule has 0 aliphatic rings. The number of nitrogens with zero attached hydrogens (tertiary/aromatic N) is 2. The predicted octanol–water partition coefficient (Wildman–Crippen LogP) is 4.19. The molecule has 0 saturated heterocycles. The molecule has 0 radical (unpaired) electrons. The Morgan fingerprint density at radius 2 is 1.92 bits per heavy atom. The maximum Gasteiger partial charge on any atom is 0.224 e. The molecule has 2 aromatic rings. The first-order chi connectivity index (χ1) is 12.1. The van der Waals surface area contributed by atoms with Gasteiger partial charge in [0.05, 0.1) is 11.6 Å². The average Bonchev–Trinajstić information content (AvgIpc) is 2.61. The van der Waals surface area contributed by atoms with Gasteiger partial charge in [0.1, 0.15) is 0 Å². The van der Waals surface area contributed by atoms with E-state index in [4.69, 9.17) is 5.26 Å². The highest BCUT2D eigenvalue weighted by Gasteiger charge is 2.11. The lowest BCUT2D eigenvalue weighted by Gasteiger charge is -2.26. The van der Waals surface area contributed by atoms with Gasteiger partial charge in [0.2, 0.25) is 5.91 Å². The molecule has 25 heavy (non-hydrogen) atoms. The first kappa shape index (κ1) is 18.7. The standard InChI is InChI=1S/C21H25N3O/c1-17(2)24(16-18-8-4-3-5-9-18)13-7-12-21(25)23-20-11-6-10-19(14-20)15-22/h3-6,8-11,14,17H,7,12-13,16H2,1-2H3,(H,23,25). The maximum atomic E-state index is 12.1. The topological polar surface area (TPSA) is 56.1 Å². The third-order valence-electron chi connectivity index (χ3n) is 4.08. The fourth-order valence-corrected chi connectivity index (χ4v) is 2.67. The van der Waals surface area contributed by atoms with Crippen molar-refractivity contribution in [3.8, 4) is 6.07 Å². The van der Waals surface area contributed by atoms with Crippen molar-refractivity contribution >= 4 is 11.6 Å². The van der Waals surface area contributed by atoms with E-state index in [1.165, 1.54) is 5.56 Å². The van der Waals surface area contributed by atoms with Gasteiger partial charge in [-0.1, -0.05) is 36.4 Å². The Bertz CT molecular complexity index is 719. The fraction of sp³-hybridized carbons (Fsp3) is 0.333. The number of rotatable bonds is 8. The van der Waals surface area contributed by atoms with Gasteiger partial charge in [0.15, 0.2) is 0 Å². The van der Waals surface area contributed by atoms with Crippen LogP contribution in [0.5, 0.6) is 0 Å². The van der Waals surface area contributed by atoms with Crippen LogP contribution in [0.25, 0.3) is 0 Å². The number of benzene rings is 2. The molecular formula is C21H25N3O. The van der Waals surface area contributed by atoms with E-state index >= 15 is 0 Å². The zero-order chi connectivity index (χ0) is 18.1. The molecule has 0 unspecified atom stereocenters. The van der Waals surface area contributed by atoms with E-state index in [-0.39, 0.29) is 5.91 Å². The molecule has 0 atom stereocenters. The molecule has 0 saturated carbocycles. The Morgan fingerprint density at radius 1 is 1.16 bits per heavy atom. The monoisotopic (exact) mass is 335 g/mol. The van der Waals surface area contributed by atoms with E-state index in [0.29, 0.717) is 23.7 Å². The van der Waals surface area contributed by atoms with Gasteiger partial charge in [0.25, 0.3) is 0 Å². The van der Waals surface area contributed by atoms with Gasteiger partial charge in [-0.25, -0.2) is 0 Å². The molecule has 1 N–H and O–H groups in total. The van der Waals surface area contributed by atoms with E-state index in [0.717, 1.165) is 19.5 Å². The molecule has 2 aromatic carbocycles. The van der Waals surface area contributed by atoms with Crippen LogP contribution in [0.1, 0.15) is 37.8 Å². The molecule has 0 heterocycles. The van der Waals surface area contributed by atoms with Crippen molar-refractivity contribution in [2.75, 3.05) is 11.9 Å². The Balaban J connectivity index is 1.80. The minimum Gasteiger partial charge on any atom is -0.326 e. The van der Waals surface area contributed by atoms with Gasteiger partial charge >= 0.3 is 0 Å². The first-order valence-electron chi connectivity index (χ1n) is 8.66. The maximum absolute atomic E-state index is 12.1. The van der Waals surface area contributed by atoms with E-state index in [9.17, 15) is 4.79 Å². The van der Waals surface area contributed by atoms with Gasteiger partial charge in [-0.2, -0.15) is 5.26 Å². The second kappa shape index (κ2) is 9.61. The third kappa shape index (κ3) is 6.40. The summed E-state index contributed by atoms with van der Waals surface area (Å²) in [5.74, 6) is -0.0153. The molecule has 130 valence electrons. The summed E-state index contributed by atoms with van der Waals surface area (Å²) in [6.07, 6.45) is 1.27. The minimum atomic E-state index is -0.0153. The second-order valence-electron chi connectivity index (χ2n) is 6.39. The number of hydrogen-bond donors (Lipinski definition) is 1. The number of anilines is 1. The number of nitriles is 1. The Labute approximate surface area is 150 Å². The Morgan fingerprint density at radius 3 is 2.60 bits per heavy atom. The molecule has 4 heteroatoms. The SMILES string of the molecule is CC(C)N(CCCC(=O)Nc1cccc(C#N)c1)Cc1ccccc1. The Kier molecular flexibility index (Phi) is 7.18. The molecular weight excluding hydrogens is 310 g/mol. The largest absolute Gasteiger partial charge is 0.326 e. The van der Waals surface area contributed by atoms with Crippen LogP contribution in [-0.4, -0.2) is 23.4 Å². The predicted molar refractivity (Wildman–Crippen MR) is 101 cm³/mol. The van der Waals surface area contributed by atoms with Gasteiger partial charge in [-0.05, 0) is 50.6 Å². The van der Waals surface area contributed by atoms with Crippen molar-refractivity contribution in [1.29, 1.82) is 5.26 Å². The fourth-order valence-electron chi connectivity index (χ4n) is 2.67. The number of hydrogen-bond acceptors (Lipinski definition) is 3. The van der Waals surface area contributed by atoms with Crippen molar-refractivity contribution in [2.45, 2.75) is 39.3 Å². The lowest BCUT2D eigenvalue weighted by Crippen LogP contribution is -2.31. The summed E-state index contributed by atoms with van der Waals surface area (Å²) >= 11 is 0. The average molecular weight is 335 g/mol. The molecule has 0 aliphatic heterocycles. The number of amides is 1. The summed E-state index contributed by atoms with van der Waals surface area (Å²) in [6.45, 7) is 6.12. The second-order valence-corrected chi connectivity index (χ2v) is 6.39. The van der Waals surface area contributed by atoms with Crippen LogP contribution in [0.2, 0.25) is 0 Å². The van der Waals surface area contributed by atoms with Crippen molar-refractivity contribution < 1.29 is 4.79 Å². The van der Waals surface area contributed by atoms with Crippen molar-refractivity contribution in [3.05, 3.63) is 65.7 Å². The quantitative estimate of drug-likeness (QED) is 0.787. The molecule has 2 rings (SSSR count). The summed E-state index contributed by atoms with van der Waals surface area (Å²) < 4.78 is 0. The summed E-state index contributed by atoms with van der Waals surface area (Å²) in [5.41, 5.74) is 2.51. The summed E-state index contributed by atoms with van der Waals surface area (Å²) in [5, 5.41) is 11.8. The minimum absolute atomic E-state index is 0.0153.